The Bertz CT molecular complexity index is 610. The van der Waals surface area contributed by atoms with Gasteiger partial charge in [-0.25, -0.2) is 4.39 Å². The molecule has 1 N–H and O–H groups in total. The number of rotatable bonds is 5. The van der Waals surface area contributed by atoms with Crippen molar-refractivity contribution < 1.29 is 9.18 Å². The summed E-state index contributed by atoms with van der Waals surface area (Å²) in [5.41, 5.74) is 2.98. The third-order valence-corrected chi connectivity index (χ3v) is 3.22. The number of benzene rings is 2. The second-order valence-corrected chi connectivity index (χ2v) is 5.10. The molecule has 2 aromatic rings. The number of anilines is 1. The Morgan fingerprint density at radius 3 is 2.57 bits per heavy atom. The largest absolute Gasteiger partial charge is 0.376 e. The van der Waals surface area contributed by atoms with Gasteiger partial charge in [0.25, 0.3) is 0 Å². The lowest BCUT2D eigenvalue weighted by Crippen LogP contribution is -2.31. The monoisotopic (exact) mass is 286 g/mol. The molecule has 0 bridgehead atoms. The summed E-state index contributed by atoms with van der Waals surface area (Å²) in [7, 11) is 1.74. The Kier molecular flexibility index (Phi) is 4.93. The van der Waals surface area contributed by atoms with E-state index in [1.807, 2.05) is 31.2 Å². The highest BCUT2D eigenvalue weighted by atomic mass is 19.1. The molecule has 0 saturated carbocycles. The minimum Gasteiger partial charge on any atom is -0.376 e. The molecular weight excluding hydrogens is 267 g/mol. The maximum atomic E-state index is 12.8. The van der Waals surface area contributed by atoms with Gasteiger partial charge in [0.15, 0.2) is 0 Å². The number of halogens is 1. The number of carbonyl (C=O) groups excluding carboxylic acids is 1. The van der Waals surface area contributed by atoms with Crippen LogP contribution in [0.15, 0.2) is 48.5 Å². The first kappa shape index (κ1) is 15.0. The number of hydrogen-bond donors (Lipinski definition) is 1. The number of nitrogens with one attached hydrogen (secondary N) is 1. The van der Waals surface area contributed by atoms with E-state index in [-0.39, 0.29) is 18.3 Å². The zero-order valence-electron chi connectivity index (χ0n) is 12.3. The van der Waals surface area contributed by atoms with Crippen LogP contribution >= 0.6 is 0 Å². The van der Waals surface area contributed by atoms with E-state index in [2.05, 4.69) is 5.32 Å². The van der Waals surface area contributed by atoms with Gasteiger partial charge in [-0.2, -0.15) is 0 Å². The predicted molar refractivity (Wildman–Crippen MR) is 82.5 cm³/mol. The average molecular weight is 286 g/mol. The van der Waals surface area contributed by atoms with Gasteiger partial charge in [0.05, 0.1) is 6.54 Å². The normalized spacial score (nSPS) is 10.2. The number of likely N-dealkylation sites (N-methyl/N-ethyl adjacent to an activating group) is 1. The lowest BCUT2D eigenvalue weighted by molar-refractivity contribution is -0.128. The molecule has 0 saturated heterocycles. The van der Waals surface area contributed by atoms with Crippen molar-refractivity contribution in [3.63, 3.8) is 0 Å². The molecule has 0 fully saturated rings. The SMILES string of the molecule is Cc1cccc(NCC(=O)N(C)Cc2ccc(F)cc2)c1. The van der Waals surface area contributed by atoms with Gasteiger partial charge in [-0.05, 0) is 42.3 Å². The maximum Gasteiger partial charge on any atom is 0.241 e. The number of nitrogens with zero attached hydrogens (tertiary/aromatic N) is 1. The zero-order valence-corrected chi connectivity index (χ0v) is 12.3. The second-order valence-electron chi connectivity index (χ2n) is 5.10. The summed E-state index contributed by atoms with van der Waals surface area (Å²) >= 11 is 0. The summed E-state index contributed by atoms with van der Waals surface area (Å²) in [5, 5.41) is 3.11. The van der Waals surface area contributed by atoms with Crippen LogP contribution in [-0.2, 0) is 11.3 Å². The van der Waals surface area contributed by atoms with Crippen molar-refractivity contribution in [2.75, 3.05) is 18.9 Å². The second kappa shape index (κ2) is 6.88. The van der Waals surface area contributed by atoms with Crippen LogP contribution in [0.25, 0.3) is 0 Å². The Labute approximate surface area is 124 Å². The van der Waals surface area contributed by atoms with Crippen molar-refractivity contribution in [1.82, 2.24) is 4.90 Å². The van der Waals surface area contributed by atoms with Crippen LogP contribution in [0.3, 0.4) is 0 Å². The average Bonchev–Trinajstić information content (AvgIpc) is 2.47. The minimum atomic E-state index is -0.270. The summed E-state index contributed by atoms with van der Waals surface area (Å²) in [4.78, 5) is 13.7. The molecule has 0 unspecified atom stereocenters. The number of hydrogen-bond acceptors (Lipinski definition) is 2. The Morgan fingerprint density at radius 2 is 1.90 bits per heavy atom. The summed E-state index contributed by atoms with van der Waals surface area (Å²) in [5.74, 6) is -0.283. The van der Waals surface area contributed by atoms with Crippen molar-refractivity contribution >= 4 is 11.6 Å². The topological polar surface area (TPSA) is 32.3 Å². The molecule has 110 valence electrons. The van der Waals surface area contributed by atoms with Gasteiger partial charge in [-0.15, -0.1) is 0 Å². The molecular formula is C17H19FN2O. The van der Waals surface area contributed by atoms with Crippen LogP contribution in [-0.4, -0.2) is 24.4 Å². The van der Waals surface area contributed by atoms with Gasteiger partial charge >= 0.3 is 0 Å². The van der Waals surface area contributed by atoms with Crippen molar-refractivity contribution in [1.29, 1.82) is 0 Å². The van der Waals surface area contributed by atoms with Gasteiger partial charge in [0.2, 0.25) is 5.91 Å². The van der Waals surface area contributed by atoms with Crippen LogP contribution < -0.4 is 5.32 Å². The molecule has 2 aromatic carbocycles. The lowest BCUT2D eigenvalue weighted by Gasteiger charge is -2.18. The van der Waals surface area contributed by atoms with Gasteiger partial charge in [0, 0.05) is 19.3 Å². The molecule has 3 nitrogen and oxygen atoms in total. The molecule has 0 aliphatic rings. The fraction of sp³-hybridized carbons (Fsp3) is 0.235. The van der Waals surface area contributed by atoms with Crippen molar-refractivity contribution in [2.45, 2.75) is 13.5 Å². The van der Waals surface area contributed by atoms with Crippen LogP contribution in [0.1, 0.15) is 11.1 Å². The molecule has 1 amide bonds. The zero-order chi connectivity index (χ0) is 15.2. The molecule has 0 radical (unpaired) electrons. The van der Waals surface area contributed by atoms with E-state index in [9.17, 15) is 9.18 Å². The molecule has 0 aliphatic heterocycles. The van der Waals surface area contributed by atoms with Gasteiger partial charge < -0.3 is 10.2 Å². The highest BCUT2D eigenvalue weighted by Gasteiger charge is 2.09. The van der Waals surface area contributed by atoms with E-state index in [1.165, 1.54) is 12.1 Å². The van der Waals surface area contributed by atoms with E-state index in [4.69, 9.17) is 0 Å². The summed E-state index contributed by atoms with van der Waals surface area (Å²) in [6, 6.07) is 14.1. The molecule has 0 spiro atoms. The fourth-order valence-corrected chi connectivity index (χ4v) is 2.02. The van der Waals surface area contributed by atoms with Crippen LogP contribution in [0.2, 0.25) is 0 Å². The predicted octanol–water partition coefficient (Wildman–Crippen LogP) is 3.20. The van der Waals surface area contributed by atoms with Crippen LogP contribution in [0, 0.1) is 12.7 Å². The van der Waals surface area contributed by atoms with E-state index >= 15 is 0 Å². The van der Waals surface area contributed by atoms with Gasteiger partial charge in [-0.1, -0.05) is 24.3 Å². The van der Waals surface area contributed by atoms with Crippen molar-refractivity contribution in [3.8, 4) is 0 Å². The van der Waals surface area contributed by atoms with E-state index in [1.54, 1.807) is 24.1 Å². The molecule has 0 heterocycles. The molecule has 21 heavy (non-hydrogen) atoms. The van der Waals surface area contributed by atoms with Crippen molar-refractivity contribution in [2.24, 2.45) is 0 Å². The third-order valence-electron chi connectivity index (χ3n) is 3.22. The van der Waals surface area contributed by atoms with Crippen LogP contribution in [0.4, 0.5) is 10.1 Å². The lowest BCUT2D eigenvalue weighted by atomic mass is 10.2. The van der Waals surface area contributed by atoms with Gasteiger partial charge in [0.1, 0.15) is 5.82 Å². The van der Waals surface area contributed by atoms with E-state index in [0.717, 1.165) is 16.8 Å². The summed E-state index contributed by atoms with van der Waals surface area (Å²) in [6.45, 7) is 2.71. The van der Waals surface area contributed by atoms with E-state index < -0.39 is 0 Å². The summed E-state index contributed by atoms with van der Waals surface area (Å²) < 4.78 is 12.8. The molecule has 0 atom stereocenters. The fourth-order valence-electron chi connectivity index (χ4n) is 2.02. The first-order valence-electron chi connectivity index (χ1n) is 6.83. The first-order chi connectivity index (χ1) is 10.0. The van der Waals surface area contributed by atoms with Gasteiger partial charge in [-0.3, -0.25) is 4.79 Å². The molecule has 0 aromatic heterocycles. The molecule has 4 heteroatoms. The quantitative estimate of drug-likeness (QED) is 0.915. The smallest absolute Gasteiger partial charge is 0.241 e. The van der Waals surface area contributed by atoms with E-state index in [0.29, 0.717) is 6.54 Å². The Hall–Kier alpha value is -2.36. The standard InChI is InChI=1S/C17H19FN2O/c1-13-4-3-5-16(10-13)19-11-17(21)20(2)12-14-6-8-15(18)9-7-14/h3-10,19H,11-12H2,1-2H3. The number of carbonyl (C=O) groups is 1. The third kappa shape index (κ3) is 4.60. The van der Waals surface area contributed by atoms with Crippen molar-refractivity contribution in [3.05, 3.63) is 65.5 Å². The summed E-state index contributed by atoms with van der Waals surface area (Å²) in [6.07, 6.45) is 0. The minimum absolute atomic E-state index is 0.0131. The molecule has 0 aliphatic carbocycles. The Balaban J connectivity index is 1.86. The Morgan fingerprint density at radius 1 is 1.19 bits per heavy atom. The highest BCUT2D eigenvalue weighted by molar-refractivity contribution is 5.80. The molecule has 2 rings (SSSR count). The number of aryl methyl sites for hydroxylation is 1. The number of amides is 1. The maximum absolute atomic E-state index is 12.8. The first-order valence-corrected chi connectivity index (χ1v) is 6.83. The van der Waals surface area contributed by atoms with Crippen LogP contribution in [0.5, 0.6) is 0 Å². The highest BCUT2D eigenvalue weighted by Crippen LogP contribution is 2.10.